The molecule has 0 heterocycles. The molecule has 8 nitrogen and oxygen atoms in total. The predicted molar refractivity (Wildman–Crippen MR) is 80.8 cm³/mol. The Hall–Kier alpha value is -3.03. The third-order valence-electron chi connectivity index (χ3n) is 2.99. The lowest BCUT2D eigenvalue weighted by molar-refractivity contribution is -0.394. The summed E-state index contributed by atoms with van der Waals surface area (Å²) in [5.41, 5.74) is -0.962. The molecule has 116 valence electrons. The largest absolute Gasteiger partial charge is 0.331 e. The molecule has 0 unspecified atom stereocenters. The first-order valence-corrected chi connectivity index (χ1v) is 6.28. The van der Waals surface area contributed by atoms with E-state index in [-0.39, 0.29) is 24.2 Å². The second-order valence-electron chi connectivity index (χ2n) is 4.44. The van der Waals surface area contributed by atoms with Gasteiger partial charge in [0.15, 0.2) is 0 Å². The van der Waals surface area contributed by atoms with E-state index < -0.39 is 27.1 Å². The number of amides is 1. The summed E-state index contributed by atoms with van der Waals surface area (Å²) in [6.07, 6.45) is 2.98. The summed E-state index contributed by atoms with van der Waals surface area (Å²) in [4.78, 5) is 34.2. The number of hydrogen-bond acceptors (Lipinski definition) is 5. The lowest BCUT2D eigenvalue weighted by Gasteiger charge is -2.20. The van der Waals surface area contributed by atoms with Crippen LogP contribution in [0.4, 0.5) is 11.4 Å². The third kappa shape index (κ3) is 3.54. The molecule has 22 heavy (non-hydrogen) atoms. The second kappa shape index (κ2) is 7.11. The van der Waals surface area contributed by atoms with E-state index in [4.69, 9.17) is 0 Å². The zero-order valence-electron chi connectivity index (χ0n) is 12.0. The summed E-state index contributed by atoms with van der Waals surface area (Å²) in [6.45, 7) is 8.83. The lowest BCUT2D eigenvalue weighted by atomic mass is 10.0. The minimum atomic E-state index is -0.769. The van der Waals surface area contributed by atoms with Gasteiger partial charge in [0.05, 0.1) is 21.5 Å². The van der Waals surface area contributed by atoms with Gasteiger partial charge in [-0.1, -0.05) is 12.2 Å². The third-order valence-corrected chi connectivity index (χ3v) is 2.99. The van der Waals surface area contributed by atoms with Gasteiger partial charge in [-0.2, -0.15) is 0 Å². The topological polar surface area (TPSA) is 107 Å². The van der Waals surface area contributed by atoms with Crippen LogP contribution in [0.15, 0.2) is 37.4 Å². The Bertz CT molecular complexity index is 644. The SMILES string of the molecule is C=CCN(CC=C)C(=O)c1cc([N+](=O)[O-])cc([N+](=O)[O-])c1C. The molecule has 0 radical (unpaired) electrons. The van der Waals surface area contributed by atoms with Crippen molar-refractivity contribution in [2.75, 3.05) is 13.1 Å². The highest BCUT2D eigenvalue weighted by atomic mass is 16.6. The van der Waals surface area contributed by atoms with Gasteiger partial charge in [0.1, 0.15) is 0 Å². The standard InChI is InChI=1S/C14H15N3O5/c1-4-6-15(7-5-2)14(18)12-8-11(16(19)20)9-13(10(12)3)17(21)22/h4-5,8-9H,1-2,6-7H2,3H3. The highest BCUT2D eigenvalue weighted by molar-refractivity contribution is 5.97. The summed E-state index contributed by atoms with van der Waals surface area (Å²) in [6, 6.07) is 1.89. The summed E-state index contributed by atoms with van der Waals surface area (Å²) in [7, 11) is 0. The van der Waals surface area contributed by atoms with E-state index in [1.807, 2.05) is 0 Å². The molecule has 0 fully saturated rings. The first kappa shape index (κ1) is 17.0. The van der Waals surface area contributed by atoms with Gasteiger partial charge in [-0.25, -0.2) is 0 Å². The van der Waals surface area contributed by atoms with Gasteiger partial charge in [-0.05, 0) is 6.92 Å². The van der Waals surface area contributed by atoms with Gasteiger partial charge < -0.3 is 4.90 Å². The molecule has 0 aliphatic heterocycles. The van der Waals surface area contributed by atoms with Crippen molar-refractivity contribution in [1.29, 1.82) is 0 Å². The molecule has 0 saturated carbocycles. The Morgan fingerprint density at radius 2 is 1.73 bits per heavy atom. The molecule has 0 N–H and O–H groups in total. The van der Waals surface area contributed by atoms with Crippen molar-refractivity contribution in [1.82, 2.24) is 4.90 Å². The monoisotopic (exact) mass is 305 g/mol. The summed E-state index contributed by atoms with van der Waals surface area (Å²) < 4.78 is 0. The van der Waals surface area contributed by atoms with E-state index >= 15 is 0 Å². The lowest BCUT2D eigenvalue weighted by Crippen LogP contribution is -2.32. The van der Waals surface area contributed by atoms with Gasteiger partial charge in [-0.15, -0.1) is 13.2 Å². The Morgan fingerprint density at radius 3 is 2.14 bits per heavy atom. The molecule has 1 amide bonds. The van der Waals surface area contributed by atoms with Gasteiger partial charge in [0, 0.05) is 24.7 Å². The van der Waals surface area contributed by atoms with Crippen LogP contribution in [-0.2, 0) is 0 Å². The Balaban J connectivity index is 3.46. The Labute approximate surface area is 126 Å². The Kier molecular flexibility index (Phi) is 5.50. The normalized spacial score (nSPS) is 9.86. The van der Waals surface area contributed by atoms with E-state index in [0.29, 0.717) is 0 Å². The fraction of sp³-hybridized carbons (Fsp3) is 0.214. The number of carbonyl (C=O) groups is 1. The fourth-order valence-electron chi connectivity index (χ4n) is 1.92. The molecule has 0 atom stereocenters. The number of rotatable bonds is 7. The predicted octanol–water partition coefficient (Wildman–Crippen LogP) is 2.63. The van der Waals surface area contributed by atoms with Crippen molar-refractivity contribution in [3.05, 3.63) is 68.8 Å². The average Bonchev–Trinajstić information content (AvgIpc) is 2.46. The quantitative estimate of drug-likeness (QED) is 0.437. The van der Waals surface area contributed by atoms with Gasteiger partial charge in [-0.3, -0.25) is 25.0 Å². The molecule has 0 aromatic heterocycles. The first-order valence-electron chi connectivity index (χ1n) is 6.28. The molecular formula is C14H15N3O5. The van der Waals surface area contributed by atoms with Crippen LogP contribution in [0.25, 0.3) is 0 Å². The Morgan fingerprint density at radius 1 is 1.18 bits per heavy atom. The van der Waals surface area contributed by atoms with Crippen LogP contribution < -0.4 is 0 Å². The number of nitro benzene ring substituents is 2. The average molecular weight is 305 g/mol. The highest BCUT2D eigenvalue weighted by Crippen LogP contribution is 2.28. The van der Waals surface area contributed by atoms with E-state index in [1.165, 1.54) is 24.0 Å². The number of nitro groups is 2. The minimum absolute atomic E-state index is 0.0791. The molecule has 0 aliphatic carbocycles. The van der Waals surface area contributed by atoms with Gasteiger partial charge >= 0.3 is 0 Å². The van der Waals surface area contributed by atoms with Crippen molar-refractivity contribution in [3.63, 3.8) is 0 Å². The zero-order valence-corrected chi connectivity index (χ0v) is 12.0. The van der Waals surface area contributed by atoms with Crippen LogP contribution in [0.5, 0.6) is 0 Å². The maximum absolute atomic E-state index is 12.5. The van der Waals surface area contributed by atoms with Gasteiger partial charge in [0.2, 0.25) is 0 Å². The van der Waals surface area contributed by atoms with Crippen LogP contribution in [-0.4, -0.2) is 33.7 Å². The molecule has 0 saturated heterocycles. The van der Waals surface area contributed by atoms with E-state index in [1.54, 1.807) is 0 Å². The van der Waals surface area contributed by atoms with Crippen LogP contribution in [0.3, 0.4) is 0 Å². The number of carbonyl (C=O) groups excluding carboxylic acids is 1. The zero-order chi connectivity index (χ0) is 16.9. The maximum Gasteiger partial charge on any atom is 0.279 e. The number of non-ortho nitro benzene ring substituents is 1. The maximum atomic E-state index is 12.5. The highest BCUT2D eigenvalue weighted by Gasteiger charge is 2.26. The van der Waals surface area contributed by atoms with Crippen molar-refractivity contribution in [2.45, 2.75) is 6.92 Å². The number of hydrogen-bond donors (Lipinski definition) is 0. The molecular weight excluding hydrogens is 290 g/mol. The summed E-state index contributed by atoms with van der Waals surface area (Å²) in [5.74, 6) is -0.552. The van der Waals surface area contributed by atoms with Crippen LogP contribution >= 0.6 is 0 Å². The van der Waals surface area contributed by atoms with Crippen molar-refractivity contribution < 1.29 is 14.6 Å². The number of nitrogens with zero attached hydrogens (tertiary/aromatic N) is 3. The fourth-order valence-corrected chi connectivity index (χ4v) is 1.92. The molecule has 1 aromatic rings. The van der Waals surface area contributed by atoms with Crippen LogP contribution in [0.1, 0.15) is 15.9 Å². The van der Waals surface area contributed by atoms with Gasteiger partial charge in [0.25, 0.3) is 17.3 Å². The van der Waals surface area contributed by atoms with E-state index in [2.05, 4.69) is 13.2 Å². The smallest absolute Gasteiger partial charge is 0.279 e. The second-order valence-corrected chi connectivity index (χ2v) is 4.44. The molecule has 8 heteroatoms. The van der Waals surface area contributed by atoms with E-state index in [9.17, 15) is 25.0 Å². The van der Waals surface area contributed by atoms with Crippen molar-refractivity contribution in [3.8, 4) is 0 Å². The molecule has 0 aliphatic rings. The molecule has 0 spiro atoms. The molecule has 1 aromatic carbocycles. The summed E-state index contributed by atoms with van der Waals surface area (Å²) >= 11 is 0. The van der Waals surface area contributed by atoms with Crippen molar-refractivity contribution in [2.24, 2.45) is 0 Å². The molecule has 0 bridgehead atoms. The minimum Gasteiger partial charge on any atom is -0.331 e. The summed E-state index contributed by atoms with van der Waals surface area (Å²) in [5, 5.41) is 21.9. The van der Waals surface area contributed by atoms with Crippen LogP contribution in [0.2, 0.25) is 0 Å². The van der Waals surface area contributed by atoms with Crippen LogP contribution in [0, 0.1) is 27.2 Å². The van der Waals surface area contributed by atoms with E-state index in [0.717, 1.165) is 12.1 Å². The molecule has 1 rings (SSSR count). The first-order chi connectivity index (χ1) is 10.3. The number of benzene rings is 1. The van der Waals surface area contributed by atoms with Crippen molar-refractivity contribution >= 4 is 17.3 Å².